The number of rotatable bonds is 6. The van der Waals surface area contributed by atoms with Crippen LogP contribution in [0.25, 0.3) is 0 Å². The molecule has 0 aromatic heterocycles. The fourth-order valence-corrected chi connectivity index (χ4v) is 4.01. The minimum absolute atomic E-state index is 0.0263. The second-order valence-corrected chi connectivity index (χ2v) is 7.58. The number of methoxy groups -OCH3 is 3. The normalized spacial score (nSPS) is 19.6. The summed E-state index contributed by atoms with van der Waals surface area (Å²) in [4.78, 5) is 40.2. The fourth-order valence-electron chi connectivity index (χ4n) is 4.01. The Morgan fingerprint density at radius 1 is 1.03 bits per heavy atom. The molecule has 2 saturated heterocycles. The van der Waals surface area contributed by atoms with Gasteiger partial charge in [0.15, 0.2) is 11.5 Å². The fraction of sp³-hybridized carbons (Fsp3) is 0.571. The Bertz CT molecular complexity index is 794. The highest BCUT2D eigenvalue weighted by Crippen LogP contribution is 2.42. The lowest BCUT2D eigenvalue weighted by Crippen LogP contribution is -2.47. The van der Waals surface area contributed by atoms with E-state index in [0.29, 0.717) is 36.0 Å². The lowest BCUT2D eigenvalue weighted by molar-refractivity contribution is -0.130. The first kappa shape index (κ1) is 21.7. The van der Waals surface area contributed by atoms with Gasteiger partial charge < -0.3 is 29.3 Å². The molecule has 2 aliphatic rings. The van der Waals surface area contributed by atoms with Crippen LogP contribution in [-0.2, 0) is 14.4 Å². The predicted molar refractivity (Wildman–Crippen MR) is 110 cm³/mol. The third-order valence-electron chi connectivity index (χ3n) is 5.74. The molecule has 2 heterocycles. The van der Waals surface area contributed by atoms with Gasteiger partial charge in [-0.05, 0) is 12.8 Å². The van der Waals surface area contributed by atoms with Crippen LogP contribution in [0.15, 0.2) is 12.1 Å². The number of ether oxygens (including phenoxy) is 3. The second kappa shape index (κ2) is 9.23. The molecule has 0 saturated carbocycles. The summed E-state index contributed by atoms with van der Waals surface area (Å²) in [5, 5.41) is 3.05. The highest BCUT2D eigenvalue weighted by atomic mass is 16.5. The van der Waals surface area contributed by atoms with Crippen molar-refractivity contribution in [3.05, 3.63) is 12.1 Å². The molecule has 9 heteroatoms. The zero-order valence-corrected chi connectivity index (χ0v) is 17.9. The Morgan fingerprint density at radius 3 is 2.13 bits per heavy atom. The zero-order chi connectivity index (χ0) is 21.8. The van der Waals surface area contributed by atoms with Crippen LogP contribution in [0.5, 0.6) is 17.2 Å². The molecule has 1 N–H and O–H groups in total. The number of anilines is 1. The van der Waals surface area contributed by atoms with Gasteiger partial charge in [-0.25, -0.2) is 0 Å². The molecule has 1 aromatic rings. The SMILES string of the molecule is COc1cc(N2CC(C(=O)NC3CCN(C(C)=O)CC3)CC2=O)cc(OC)c1OC. The van der Waals surface area contributed by atoms with E-state index in [0.717, 1.165) is 12.8 Å². The van der Waals surface area contributed by atoms with Crippen LogP contribution in [0.2, 0.25) is 0 Å². The maximum Gasteiger partial charge on any atom is 0.227 e. The smallest absolute Gasteiger partial charge is 0.227 e. The number of hydrogen-bond donors (Lipinski definition) is 1. The van der Waals surface area contributed by atoms with E-state index >= 15 is 0 Å². The number of carbonyl (C=O) groups is 3. The van der Waals surface area contributed by atoms with Gasteiger partial charge in [0.1, 0.15) is 0 Å². The van der Waals surface area contributed by atoms with Crippen LogP contribution in [0.3, 0.4) is 0 Å². The van der Waals surface area contributed by atoms with Crippen molar-refractivity contribution in [3.8, 4) is 17.2 Å². The van der Waals surface area contributed by atoms with Gasteiger partial charge in [-0.15, -0.1) is 0 Å². The molecule has 0 radical (unpaired) electrons. The van der Waals surface area contributed by atoms with Crippen LogP contribution >= 0.6 is 0 Å². The molecule has 2 aliphatic heterocycles. The first-order valence-corrected chi connectivity index (χ1v) is 10.0. The van der Waals surface area contributed by atoms with E-state index in [2.05, 4.69) is 5.32 Å². The number of carbonyl (C=O) groups excluding carboxylic acids is 3. The van der Waals surface area contributed by atoms with Crippen molar-refractivity contribution in [1.29, 1.82) is 0 Å². The number of amides is 3. The molecule has 1 atom stereocenters. The average Bonchev–Trinajstić information content (AvgIpc) is 3.14. The van der Waals surface area contributed by atoms with E-state index in [1.807, 2.05) is 0 Å². The molecular formula is C21H29N3O6. The number of piperidine rings is 1. The van der Waals surface area contributed by atoms with Crippen molar-refractivity contribution in [2.24, 2.45) is 5.92 Å². The highest BCUT2D eigenvalue weighted by Gasteiger charge is 2.37. The second-order valence-electron chi connectivity index (χ2n) is 7.58. The van der Waals surface area contributed by atoms with Crippen LogP contribution in [0.4, 0.5) is 5.69 Å². The van der Waals surface area contributed by atoms with E-state index in [1.165, 1.54) is 21.3 Å². The minimum atomic E-state index is -0.428. The van der Waals surface area contributed by atoms with E-state index in [1.54, 1.807) is 28.9 Å². The minimum Gasteiger partial charge on any atom is -0.493 e. The first-order valence-electron chi connectivity index (χ1n) is 10.0. The third kappa shape index (κ3) is 4.44. The molecule has 0 aliphatic carbocycles. The van der Waals surface area contributed by atoms with Crippen LogP contribution in [0, 0.1) is 5.92 Å². The number of nitrogens with zero attached hydrogens (tertiary/aromatic N) is 2. The highest BCUT2D eigenvalue weighted by molar-refractivity contribution is 6.00. The van der Waals surface area contributed by atoms with Gasteiger partial charge in [-0.1, -0.05) is 0 Å². The standard InChI is InChI=1S/C21H29N3O6/c1-13(25)23-7-5-15(6-8-23)22-21(27)14-9-19(26)24(12-14)16-10-17(28-2)20(30-4)18(11-16)29-3/h10-11,14-15H,5-9,12H2,1-4H3,(H,22,27). The van der Waals surface area contributed by atoms with Crippen molar-refractivity contribution >= 4 is 23.4 Å². The molecule has 3 rings (SSSR count). The summed E-state index contributed by atoms with van der Waals surface area (Å²) in [6.07, 6.45) is 1.60. The van der Waals surface area contributed by atoms with Gasteiger partial charge in [-0.3, -0.25) is 14.4 Å². The number of hydrogen-bond acceptors (Lipinski definition) is 6. The number of nitrogens with one attached hydrogen (secondary N) is 1. The first-order chi connectivity index (χ1) is 14.4. The molecule has 1 unspecified atom stereocenters. The van der Waals surface area contributed by atoms with Gasteiger partial charge in [-0.2, -0.15) is 0 Å². The molecule has 0 bridgehead atoms. The lowest BCUT2D eigenvalue weighted by Gasteiger charge is -2.32. The molecule has 164 valence electrons. The molecule has 3 amide bonds. The summed E-state index contributed by atoms with van der Waals surface area (Å²) in [5.74, 6) is 0.719. The molecular weight excluding hydrogens is 390 g/mol. The zero-order valence-electron chi connectivity index (χ0n) is 17.9. The Labute approximate surface area is 176 Å². The molecule has 2 fully saturated rings. The molecule has 1 aromatic carbocycles. The summed E-state index contributed by atoms with van der Waals surface area (Å²) < 4.78 is 16.1. The Balaban J connectivity index is 1.66. The van der Waals surface area contributed by atoms with Crippen molar-refractivity contribution in [1.82, 2.24) is 10.2 Å². The lowest BCUT2D eigenvalue weighted by atomic mass is 10.0. The Kier molecular flexibility index (Phi) is 6.69. The van der Waals surface area contributed by atoms with Gasteiger partial charge in [0.2, 0.25) is 23.5 Å². The Morgan fingerprint density at radius 2 is 1.63 bits per heavy atom. The third-order valence-corrected chi connectivity index (χ3v) is 5.74. The van der Waals surface area contributed by atoms with E-state index < -0.39 is 5.92 Å². The summed E-state index contributed by atoms with van der Waals surface area (Å²) in [6.45, 7) is 3.12. The van der Waals surface area contributed by atoms with Crippen LogP contribution in [0.1, 0.15) is 26.2 Å². The number of benzene rings is 1. The molecule has 9 nitrogen and oxygen atoms in total. The maximum absolute atomic E-state index is 12.8. The van der Waals surface area contributed by atoms with Crippen molar-refractivity contribution in [2.45, 2.75) is 32.2 Å². The van der Waals surface area contributed by atoms with Gasteiger partial charge >= 0.3 is 0 Å². The molecule has 0 spiro atoms. The average molecular weight is 419 g/mol. The molecule has 30 heavy (non-hydrogen) atoms. The van der Waals surface area contributed by atoms with Crippen molar-refractivity contribution in [2.75, 3.05) is 45.9 Å². The van der Waals surface area contributed by atoms with Crippen LogP contribution in [-0.4, -0.2) is 69.6 Å². The van der Waals surface area contributed by atoms with Gasteiger partial charge in [0.25, 0.3) is 0 Å². The summed E-state index contributed by atoms with van der Waals surface area (Å²) in [5.41, 5.74) is 0.597. The van der Waals surface area contributed by atoms with Crippen LogP contribution < -0.4 is 24.4 Å². The van der Waals surface area contributed by atoms with Gasteiger partial charge in [0, 0.05) is 51.2 Å². The summed E-state index contributed by atoms with van der Waals surface area (Å²) in [6, 6.07) is 3.44. The van der Waals surface area contributed by atoms with E-state index in [4.69, 9.17) is 14.2 Å². The predicted octanol–water partition coefficient (Wildman–Crippen LogP) is 1.19. The summed E-state index contributed by atoms with van der Waals surface area (Å²) in [7, 11) is 4.55. The maximum atomic E-state index is 12.8. The Hall–Kier alpha value is -2.97. The van der Waals surface area contributed by atoms with Crippen molar-refractivity contribution in [3.63, 3.8) is 0 Å². The van der Waals surface area contributed by atoms with Gasteiger partial charge in [0.05, 0.1) is 32.9 Å². The largest absolute Gasteiger partial charge is 0.493 e. The topological polar surface area (TPSA) is 97.4 Å². The van der Waals surface area contributed by atoms with Crippen molar-refractivity contribution < 1.29 is 28.6 Å². The van der Waals surface area contributed by atoms with E-state index in [9.17, 15) is 14.4 Å². The quantitative estimate of drug-likeness (QED) is 0.744. The number of likely N-dealkylation sites (tertiary alicyclic amines) is 1. The summed E-state index contributed by atoms with van der Waals surface area (Å²) >= 11 is 0. The van der Waals surface area contributed by atoms with E-state index in [-0.39, 0.29) is 36.7 Å². The monoisotopic (exact) mass is 419 g/mol.